The van der Waals surface area contributed by atoms with Crippen molar-refractivity contribution in [2.45, 2.75) is 46.5 Å². The van der Waals surface area contributed by atoms with Crippen molar-refractivity contribution in [1.82, 2.24) is 19.6 Å². The van der Waals surface area contributed by atoms with Gasteiger partial charge in [-0.2, -0.15) is 10.1 Å². The van der Waals surface area contributed by atoms with Crippen LogP contribution in [0.25, 0.3) is 5.78 Å². The fraction of sp³-hybridized carbons (Fsp3) is 0.556. The van der Waals surface area contributed by atoms with Crippen LogP contribution in [-0.4, -0.2) is 32.2 Å². The molecule has 0 radical (unpaired) electrons. The lowest BCUT2D eigenvalue weighted by Gasteiger charge is -2.24. The van der Waals surface area contributed by atoms with Crippen LogP contribution >= 0.6 is 0 Å². The molecule has 128 valence electrons. The normalized spacial score (nSPS) is 20.5. The van der Waals surface area contributed by atoms with E-state index >= 15 is 0 Å². The number of rotatable bonds is 5. The zero-order chi connectivity index (χ0) is 17.1. The summed E-state index contributed by atoms with van der Waals surface area (Å²) in [5.74, 6) is 1.46. The smallest absolute Gasteiger partial charge is 0.306 e. The van der Waals surface area contributed by atoms with E-state index in [2.05, 4.69) is 34.1 Å². The Bertz CT molecular complexity index is 766. The maximum atomic E-state index is 12.1. The number of hydrogen-bond donors (Lipinski definition) is 0. The van der Waals surface area contributed by atoms with Crippen LogP contribution in [0.3, 0.4) is 0 Å². The van der Waals surface area contributed by atoms with Crippen LogP contribution in [0.4, 0.5) is 0 Å². The molecule has 2 unspecified atom stereocenters. The summed E-state index contributed by atoms with van der Waals surface area (Å²) < 4.78 is 7.21. The third kappa shape index (κ3) is 3.47. The van der Waals surface area contributed by atoms with Gasteiger partial charge in [0.15, 0.2) is 0 Å². The largest absolute Gasteiger partial charge is 0.465 e. The van der Waals surface area contributed by atoms with Gasteiger partial charge in [-0.1, -0.05) is 19.1 Å². The number of aryl methyl sites for hydroxylation is 2. The van der Waals surface area contributed by atoms with Crippen molar-refractivity contribution in [3.05, 3.63) is 35.4 Å². The molecule has 2 heterocycles. The monoisotopic (exact) mass is 328 g/mol. The fourth-order valence-electron chi connectivity index (χ4n) is 3.26. The predicted molar refractivity (Wildman–Crippen MR) is 90.6 cm³/mol. The number of aromatic nitrogens is 4. The van der Waals surface area contributed by atoms with Crippen LogP contribution in [0.15, 0.2) is 18.5 Å². The zero-order valence-electron chi connectivity index (χ0n) is 14.5. The maximum Gasteiger partial charge on any atom is 0.306 e. The summed E-state index contributed by atoms with van der Waals surface area (Å²) in [6, 6.07) is 0. The van der Waals surface area contributed by atoms with Crippen LogP contribution < -0.4 is 0 Å². The molecule has 0 aliphatic heterocycles. The van der Waals surface area contributed by atoms with E-state index in [1.807, 2.05) is 13.8 Å². The van der Waals surface area contributed by atoms with Gasteiger partial charge in [-0.15, -0.1) is 0 Å². The van der Waals surface area contributed by atoms with Gasteiger partial charge in [-0.3, -0.25) is 4.79 Å². The van der Waals surface area contributed by atoms with E-state index < -0.39 is 0 Å². The number of ether oxygens (including phenoxy) is 1. The first-order valence-electron chi connectivity index (χ1n) is 8.52. The molecule has 0 aromatic carbocycles. The van der Waals surface area contributed by atoms with E-state index in [-0.39, 0.29) is 5.97 Å². The maximum absolute atomic E-state index is 12.1. The van der Waals surface area contributed by atoms with Gasteiger partial charge in [0.2, 0.25) is 0 Å². The Balaban J connectivity index is 1.57. The zero-order valence-corrected chi connectivity index (χ0v) is 14.5. The van der Waals surface area contributed by atoms with Gasteiger partial charge in [0.05, 0.1) is 6.61 Å². The van der Waals surface area contributed by atoms with Gasteiger partial charge >= 0.3 is 5.97 Å². The van der Waals surface area contributed by atoms with Gasteiger partial charge in [0, 0.05) is 17.8 Å². The molecule has 0 N–H and O–H groups in total. The van der Waals surface area contributed by atoms with E-state index in [4.69, 9.17) is 4.74 Å². The minimum absolute atomic E-state index is 0.144. The Morgan fingerprint density at radius 3 is 2.92 bits per heavy atom. The Morgan fingerprint density at radius 1 is 1.33 bits per heavy atom. The summed E-state index contributed by atoms with van der Waals surface area (Å²) >= 11 is 0. The molecular formula is C18H24N4O2. The van der Waals surface area contributed by atoms with Crippen LogP contribution in [0, 0.1) is 25.7 Å². The average Bonchev–Trinajstić information content (AvgIpc) is 3.02. The number of nitrogens with zero attached hydrogens (tertiary/aromatic N) is 4. The van der Waals surface area contributed by atoms with Crippen molar-refractivity contribution in [2.24, 2.45) is 11.8 Å². The molecule has 0 spiro atoms. The summed E-state index contributed by atoms with van der Waals surface area (Å²) in [5.41, 5.74) is 2.92. The SMILES string of the molecule is Cc1nc2ncnn2c(C)c1CCC(=O)OCC1CC=CCC1C. The number of allylic oxidation sites excluding steroid dienone is 2. The highest BCUT2D eigenvalue weighted by atomic mass is 16.5. The standard InChI is InChI=1S/C18H24N4O2/c1-12-6-4-5-7-15(12)10-24-17(23)9-8-16-13(2)21-18-19-11-20-22(18)14(16)3/h4-5,11-12,15H,6-10H2,1-3H3. The third-order valence-electron chi connectivity index (χ3n) is 4.94. The van der Waals surface area contributed by atoms with Crippen LogP contribution in [0.5, 0.6) is 0 Å². The first kappa shape index (κ1) is 16.6. The van der Waals surface area contributed by atoms with Crippen molar-refractivity contribution in [3.63, 3.8) is 0 Å². The van der Waals surface area contributed by atoms with Gasteiger partial charge in [0.25, 0.3) is 5.78 Å². The Hall–Kier alpha value is -2.24. The minimum Gasteiger partial charge on any atom is -0.465 e. The molecule has 0 bridgehead atoms. The second kappa shape index (κ2) is 7.11. The van der Waals surface area contributed by atoms with E-state index in [1.54, 1.807) is 4.52 Å². The Kier molecular flexibility index (Phi) is 4.92. The number of carbonyl (C=O) groups is 1. The highest BCUT2D eigenvalue weighted by Crippen LogP contribution is 2.25. The van der Waals surface area contributed by atoms with Crippen LogP contribution in [0.1, 0.15) is 43.1 Å². The highest BCUT2D eigenvalue weighted by Gasteiger charge is 2.20. The van der Waals surface area contributed by atoms with Crippen LogP contribution in [-0.2, 0) is 16.0 Å². The van der Waals surface area contributed by atoms with Gasteiger partial charge < -0.3 is 4.74 Å². The highest BCUT2D eigenvalue weighted by molar-refractivity contribution is 5.69. The molecule has 1 aliphatic rings. The molecule has 3 rings (SSSR count). The molecule has 0 fully saturated rings. The summed E-state index contributed by atoms with van der Waals surface area (Å²) in [4.78, 5) is 20.6. The first-order valence-corrected chi connectivity index (χ1v) is 8.52. The molecule has 6 nitrogen and oxygen atoms in total. The van der Waals surface area contributed by atoms with Gasteiger partial charge in [-0.25, -0.2) is 9.50 Å². The van der Waals surface area contributed by atoms with Gasteiger partial charge in [-0.05, 0) is 50.5 Å². The lowest BCUT2D eigenvalue weighted by molar-refractivity contribution is -0.145. The summed E-state index contributed by atoms with van der Waals surface area (Å²) in [5, 5.41) is 4.17. The molecule has 6 heteroatoms. The average molecular weight is 328 g/mol. The number of esters is 1. The second-order valence-corrected chi connectivity index (χ2v) is 6.60. The lowest BCUT2D eigenvalue weighted by atomic mass is 9.85. The van der Waals surface area contributed by atoms with E-state index in [0.717, 1.165) is 29.8 Å². The molecule has 24 heavy (non-hydrogen) atoms. The van der Waals surface area contributed by atoms with E-state index in [9.17, 15) is 4.79 Å². The topological polar surface area (TPSA) is 69.4 Å². The second-order valence-electron chi connectivity index (χ2n) is 6.60. The quantitative estimate of drug-likeness (QED) is 0.623. The number of carbonyl (C=O) groups excluding carboxylic acids is 1. The van der Waals surface area contributed by atoms with Crippen LogP contribution in [0.2, 0.25) is 0 Å². The first-order chi connectivity index (χ1) is 11.6. The molecule has 0 amide bonds. The minimum atomic E-state index is -0.144. The molecule has 2 atom stereocenters. The predicted octanol–water partition coefficient (Wildman–Crippen LogP) is 2.82. The number of hydrogen-bond acceptors (Lipinski definition) is 5. The fourth-order valence-corrected chi connectivity index (χ4v) is 3.26. The molecule has 2 aromatic heterocycles. The van der Waals surface area contributed by atoms with Crippen molar-refractivity contribution in [3.8, 4) is 0 Å². The molecule has 0 saturated carbocycles. The summed E-state index contributed by atoms with van der Waals surface area (Å²) in [6.45, 7) is 6.65. The molecule has 0 saturated heterocycles. The molecular weight excluding hydrogens is 304 g/mol. The van der Waals surface area contributed by atoms with Crippen molar-refractivity contribution in [1.29, 1.82) is 0 Å². The Morgan fingerprint density at radius 2 is 2.12 bits per heavy atom. The van der Waals surface area contributed by atoms with Crippen molar-refractivity contribution < 1.29 is 9.53 Å². The Labute approximate surface area is 142 Å². The van der Waals surface area contributed by atoms with Crippen molar-refractivity contribution in [2.75, 3.05) is 6.61 Å². The molecule has 1 aliphatic carbocycles. The number of fused-ring (bicyclic) bond motifs is 1. The lowest BCUT2D eigenvalue weighted by Crippen LogP contribution is -2.22. The third-order valence-corrected chi connectivity index (χ3v) is 4.94. The van der Waals surface area contributed by atoms with Gasteiger partial charge in [0.1, 0.15) is 6.33 Å². The van der Waals surface area contributed by atoms with Crippen molar-refractivity contribution >= 4 is 11.7 Å². The van der Waals surface area contributed by atoms with E-state index in [0.29, 0.717) is 37.1 Å². The van der Waals surface area contributed by atoms with E-state index in [1.165, 1.54) is 6.33 Å². The molecule has 2 aromatic rings. The summed E-state index contributed by atoms with van der Waals surface area (Å²) in [7, 11) is 0. The summed E-state index contributed by atoms with van der Waals surface area (Å²) in [6.07, 6.45) is 8.93.